The predicted molar refractivity (Wildman–Crippen MR) is 132 cm³/mol. The van der Waals surface area contributed by atoms with Gasteiger partial charge in [0, 0.05) is 48.4 Å². The van der Waals surface area contributed by atoms with E-state index in [-0.39, 0.29) is 42.6 Å². The summed E-state index contributed by atoms with van der Waals surface area (Å²) in [5, 5.41) is 6.95. The van der Waals surface area contributed by atoms with Gasteiger partial charge in [-0.25, -0.2) is 9.37 Å². The van der Waals surface area contributed by atoms with Gasteiger partial charge in [-0.15, -0.1) is 23.7 Å². The largest absolute Gasteiger partial charge is 0.351 e. The van der Waals surface area contributed by atoms with Crippen molar-refractivity contribution in [2.75, 3.05) is 26.7 Å². The molecule has 2 aliphatic rings. The molecule has 4 heterocycles. The first kappa shape index (κ1) is 25.1. The van der Waals surface area contributed by atoms with Gasteiger partial charge in [0.2, 0.25) is 6.41 Å². The molecule has 5 rings (SSSR count). The van der Waals surface area contributed by atoms with Crippen molar-refractivity contribution in [3.63, 3.8) is 0 Å². The first-order valence-electron chi connectivity index (χ1n) is 11.2. The maximum absolute atomic E-state index is 13.5. The zero-order valence-corrected chi connectivity index (χ0v) is 20.7. The fourth-order valence-corrected chi connectivity index (χ4v) is 5.61. The molecular weight excluding hydrogens is 495 g/mol. The molecule has 0 spiro atoms. The number of benzene rings is 1. The summed E-state index contributed by atoms with van der Waals surface area (Å²) >= 11 is 1.39. The van der Waals surface area contributed by atoms with Crippen molar-refractivity contribution in [3.8, 4) is 0 Å². The summed E-state index contributed by atoms with van der Waals surface area (Å²) in [6.45, 7) is 2.43. The van der Waals surface area contributed by atoms with Crippen LogP contribution in [0.15, 0.2) is 24.3 Å². The number of nitrogens with zero attached hydrogens (tertiary/aromatic N) is 3. The number of amides is 3. The molecule has 2 atom stereocenters. The number of aromatic amines is 1. The van der Waals surface area contributed by atoms with Gasteiger partial charge in [-0.3, -0.25) is 14.4 Å². The maximum Gasteiger partial charge on any atom is 0.280 e. The average Bonchev–Trinajstić information content (AvgIpc) is 3.43. The number of carbonyl (C=O) groups is 3. The molecule has 0 aliphatic carbocycles. The van der Waals surface area contributed by atoms with Gasteiger partial charge in [0.05, 0.1) is 17.8 Å². The van der Waals surface area contributed by atoms with Crippen LogP contribution in [0.2, 0.25) is 0 Å². The Balaban J connectivity index is 0.00000289. The summed E-state index contributed by atoms with van der Waals surface area (Å²) < 4.78 is 13.5. The molecule has 0 unspecified atom stereocenters. The van der Waals surface area contributed by atoms with Crippen molar-refractivity contribution >= 4 is 52.9 Å². The van der Waals surface area contributed by atoms with Crippen molar-refractivity contribution in [1.82, 2.24) is 30.4 Å². The zero-order valence-electron chi connectivity index (χ0n) is 19.0. The van der Waals surface area contributed by atoms with E-state index in [4.69, 9.17) is 0 Å². The molecule has 1 saturated heterocycles. The molecule has 9 nitrogen and oxygen atoms in total. The highest BCUT2D eigenvalue weighted by molar-refractivity contribution is 7.13. The summed E-state index contributed by atoms with van der Waals surface area (Å²) in [5.41, 5.74) is 1.93. The van der Waals surface area contributed by atoms with E-state index >= 15 is 0 Å². The summed E-state index contributed by atoms with van der Waals surface area (Å²) in [4.78, 5) is 49.7. The van der Waals surface area contributed by atoms with Gasteiger partial charge < -0.3 is 25.4 Å². The summed E-state index contributed by atoms with van der Waals surface area (Å²) in [6.07, 6.45) is 2.05. The van der Waals surface area contributed by atoms with Crippen molar-refractivity contribution in [2.24, 2.45) is 0 Å². The molecule has 3 aromatic rings. The molecule has 3 amide bonds. The number of thiazole rings is 1. The van der Waals surface area contributed by atoms with Gasteiger partial charge in [-0.2, -0.15) is 0 Å². The number of H-pyrrole nitrogens is 1. The van der Waals surface area contributed by atoms with Crippen LogP contribution in [0.4, 0.5) is 4.39 Å². The highest BCUT2D eigenvalue weighted by atomic mass is 35.5. The Labute approximate surface area is 211 Å². The van der Waals surface area contributed by atoms with Gasteiger partial charge >= 0.3 is 0 Å². The fraction of sp³-hybridized carbons (Fsp3) is 0.391. The molecule has 1 aromatic carbocycles. The number of likely N-dealkylation sites (N-methyl/N-ethyl adjacent to an activating group) is 1. The molecule has 2 aliphatic heterocycles. The van der Waals surface area contributed by atoms with Crippen LogP contribution in [0.1, 0.15) is 37.3 Å². The number of nitrogens with one attached hydrogen (secondary N) is 3. The zero-order chi connectivity index (χ0) is 23.8. The molecule has 186 valence electrons. The van der Waals surface area contributed by atoms with Gasteiger partial charge in [0.1, 0.15) is 11.5 Å². The molecule has 0 saturated carbocycles. The van der Waals surface area contributed by atoms with Crippen LogP contribution in [-0.2, 0) is 17.8 Å². The fourth-order valence-electron chi connectivity index (χ4n) is 4.51. The average molecular weight is 521 g/mol. The topological polar surface area (TPSA) is 110 Å². The van der Waals surface area contributed by atoms with E-state index in [9.17, 15) is 18.8 Å². The third kappa shape index (κ3) is 5.31. The van der Waals surface area contributed by atoms with E-state index in [1.165, 1.54) is 23.5 Å². The van der Waals surface area contributed by atoms with Crippen molar-refractivity contribution < 1.29 is 18.8 Å². The molecule has 0 radical (unpaired) electrons. The van der Waals surface area contributed by atoms with E-state index in [2.05, 4.69) is 25.5 Å². The normalized spacial score (nSPS) is 20.1. The maximum atomic E-state index is 13.5. The number of hydrogen-bond donors (Lipinski definition) is 3. The minimum Gasteiger partial charge on any atom is -0.351 e. The number of hydrogen-bond acceptors (Lipinski definition) is 6. The Morgan fingerprint density at radius 2 is 2.00 bits per heavy atom. The Bertz CT molecular complexity index is 1260. The molecule has 2 aromatic heterocycles. The molecule has 35 heavy (non-hydrogen) atoms. The second-order valence-corrected chi connectivity index (χ2v) is 9.92. The van der Waals surface area contributed by atoms with E-state index in [0.717, 1.165) is 36.5 Å². The summed E-state index contributed by atoms with van der Waals surface area (Å²) in [7, 11) is 2.04. The smallest absolute Gasteiger partial charge is 0.280 e. The monoisotopic (exact) mass is 520 g/mol. The lowest BCUT2D eigenvalue weighted by Crippen LogP contribution is -2.60. The number of piperidine rings is 1. The third-order valence-corrected chi connectivity index (χ3v) is 7.45. The number of aromatic nitrogens is 2. The number of rotatable bonds is 5. The van der Waals surface area contributed by atoms with Crippen molar-refractivity contribution in [3.05, 3.63) is 51.4 Å². The van der Waals surface area contributed by atoms with Gasteiger partial charge in [-0.1, -0.05) is 0 Å². The lowest BCUT2D eigenvalue weighted by molar-refractivity contribution is -0.119. The third-order valence-electron chi connectivity index (χ3n) is 6.37. The molecule has 12 heteroatoms. The molecular formula is C23H26ClFN6O3S. The number of fused-ring (bicyclic) bond motifs is 2. The summed E-state index contributed by atoms with van der Waals surface area (Å²) in [6, 6.07) is 5.02. The van der Waals surface area contributed by atoms with E-state index < -0.39 is 6.04 Å². The molecule has 1 fully saturated rings. The lowest BCUT2D eigenvalue weighted by atomic mass is 9.99. The second kappa shape index (κ2) is 10.3. The number of halogens is 2. The highest BCUT2D eigenvalue weighted by Crippen LogP contribution is 2.25. The SMILES string of the molecule is CN1CCc2nc(C(=O)N[C@@H]3CN(C=O)CC[C@@H]3NC(=O)c3cc4cc(F)ccc4[nH]3)sc2C1.Cl. The minimum atomic E-state index is -0.471. The van der Waals surface area contributed by atoms with Crippen molar-refractivity contribution in [2.45, 2.75) is 31.5 Å². The van der Waals surface area contributed by atoms with Gasteiger partial charge in [0.15, 0.2) is 5.01 Å². The standard InChI is InChI=1S/C23H25FN6O3S.ClH/c1-29-6-4-17-20(11-29)34-23(28-17)22(33)27-19-10-30(12-31)7-5-16(19)26-21(32)18-9-13-8-14(24)2-3-15(13)25-18;/h2-3,8-9,12,16,19,25H,4-7,10-11H2,1H3,(H,26,32)(H,27,33);1H/t16-,19+;/m0./s1. The van der Waals surface area contributed by atoms with Gasteiger partial charge in [-0.05, 0) is 37.7 Å². The first-order valence-corrected chi connectivity index (χ1v) is 12.0. The Morgan fingerprint density at radius 3 is 2.80 bits per heavy atom. The second-order valence-electron chi connectivity index (χ2n) is 8.84. The van der Waals surface area contributed by atoms with E-state index in [1.807, 2.05) is 7.05 Å². The van der Waals surface area contributed by atoms with Crippen LogP contribution in [0.3, 0.4) is 0 Å². The minimum absolute atomic E-state index is 0. The van der Waals surface area contributed by atoms with Crippen LogP contribution in [-0.4, -0.2) is 76.8 Å². The Kier molecular flexibility index (Phi) is 7.39. The van der Waals surface area contributed by atoms with Crippen LogP contribution in [0.25, 0.3) is 10.9 Å². The van der Waals surface area contributed by atoms with E-state index in [1.54, 1.807) is 17.0 Å². The predicted octanol–water partition coefficient (Wildman–Crippen LogP) is 1.93. The van der Waals surface area contributed by atoms with Gasteiger partial charge in [0.25, 0.3) is 11.8 Å². The Hall–Kier alpha value is -3.02. The number of carbonyl (C=O) groups excluding carboxylic acids is 3. The first-order chi connectivity index (χ1) is 16.4. The highest BCUT2D eigenvalue weighted by Gasteiger charge is 2.33. The van der Waals surface area contributed by atoms with Crippen LogP contribution < -0.4 is 10.6 Å². The van der Waals surface area contributed by atoms with Crippen molar-refractivity contribution in [1.29, 1.82) is 0 Å². The Morgan fingerprint density at radius 1 is 1.20 bits per heavy atom. The van der Waals surface area contributed by atoms with E-state index in [0.29, 0.717) is 34.6 Å². The van der Waals surface area contributed by atoms with Crippen LogP contribution >= 0.6 is 23.7 Å². The lowest BCUT2D eigenvalue weighted by Gasteiger charge is -2.37. The van der Waals surface area contributed by atoms with Crippen LogP contribution in [0.5, 0.6) is 0 Å². The quantitative estimate of drug-likeness (QED) is 0.445. The van der Waals surface area contributed by atoms with Crippen LogP contribution in [0, 0.1) is 5.82 Å². The summed E-state index contributed by atoms with van der Waals surface area (Å²) in [5.74, 6) is -1.04. The molecule has 0 bridgehead atoms. The molecule has 3 N–H and O–H groups in total. The number of likely N-dealkylation sites (tertiary alicyclic amines) is 1.